The van der Waals surface area contributed by atoms with Crippen LogP contribution in [0.25, 0.3) is 11.0 Å². The van der Waals surface area contributed by atoms with Gasteiger partial charge in [0.15, 0.2) is 5.58 Å². The van der Waals surface area contributed by atoms with Crippen molar-refractivity contribution in [2.75, 3.05) is 0 Å². The highest BCUT2D eigenvalue weighted by molar-refractivity contribution is 6.39. The lowest BCUT2D eigenvalue weighted by Crippen LogP contribution is -1.67. The second-order valence-corrected chi connectivity index (χ2v) is 3.70. The maximum atomic E-state index is 5.94. The molecule has 2 rings (SSSR count). The Balaban J connectivity index is 2.80. The summed E-state index contributed by atoms with van der Waals surface area (Å²) >= 11 is 17.5. The van der Waals surface area contributed by atoms with Gasteiger partial charge in [-0.25, -0.2) is 0 Å². The topological polar surface area (TPSA) is 13.1 Å². The van der Waals surface area contributed by atoms with Crippen LogP contribution in [0.4, 0.5) is 0 Å². The second-order valence-electron chi connectivity index (χ2n) is 2.62. The molecule has 0 bridgehead atoms. The van der Waals surface area contributed by atoms with Crippen LogP contribution in [0.2, 0.25) is 10.0 Å². The summed E-state index contributed by atoms with van der Waals surface area (Å²) < 4.78 is 5.38. The van der Waals surface area contributed by atoms with E-state index in [2.05, 4.69) is 0 Å². The Bertz CT molecular complexity index is 408. The summed E-state index contributed by atoms with van der Waals surface area (Å²) in [4.78, 5) is 0. The third-order valence-electron chi connectivity index (χ3n) is 1.77. The van der Waals surface area contributed by atoms with Crippen LogP contribution in [0.5, 0.6) is 0 Å². The van der Waals surface area contributed by atoms with E-state index >= 15 is 0 Å². The molecular formula is C9H5Cl3O. The summed E-state index contributed by atoms with van der Waals surface area (Å²) in [6, 6.07) is 5.24. The quantitative estimate of drug-likeness (QED) is 0.664. The zero-order chi connectivity index (χ0) is 9.42. The fourth-order valence-corrected chi connectivity index (χ4v) is 1.71. The highest BCUT2D eigenvalue weighted by Gasteiger charge is 2.09. The molecule has 1 aromatic heterocycles. The normalized spacial score (nSPS) is 11.0. The van der Waals surface area contributed by atoms with Crippen molar-refractivity contribution in [1.82, 2.24) is 0 Å². The molecular weight excluding hydrogens is 230 g/mol. The molecule has 0 aliphatic carbocycles. The lowest BCUT2D eigenvalue weighted by molar-refractivity contribution is 0.573. The van der Waals surface area contributed by atoms with Crippen molar-refractivity contribution in [3.05, 3.63) is 34.0 Å². The van der Waals surface area contributed by atoms with Gasteiger partial charge in [0.25, 0.3) is 0 Å². The van der Waals surface area contributed by atoms with Crippen molar-refractivity contribution in [2.45, 2.75) is 5.88 Å². The third kappa shape index (κ3) is 1.52. The number of rotatable bonds is 1. The van der Waals surface area contributed by atoms with E-state index in [1.54, 1.807) is 18.2 Å². The van der Waals surface area contributed by atoms with E-state index < -0.39 is 0 Å². The van der Waals surface area contributed by atoms with Crippen LogP contribution in [0, 0.1) is 0 Å². The number of fused-ring (bicyclic) bond motifs is 1. The summed E-state index contributed by atoms with van der Waals surface area (Å²) in [6.45, 7) is 0. The Morgan fingerprint density at radius 3 is 2.46 bits per heavy atom. The van der Waals surface area contributed by atoms with Crippen LogP contribution in [-0.2, 0) is 5.88 Å². The molecule has 0 amide bonds. The Morgan fingerprint density at radius 2 is 1.85 bits per heavy atom. The molecule has 0 radical (unpaired) electrons. The molecule has 2 aromatic rings. The molecule has 0 aliphatic rings. The molecule has 0 N–H and O–H groups in total. The average Bonchev–Trinajstić information content (AvgIpc) is 2.56. The Morgan fingerprint density at radius 1 is 1.15 bits per heavy atom. The van der Waals surface area contributed by atoms with E-state index in [-0.39, 0.29) is 0 Å². The van der Waals surface area contributed by atoms with Crippen molar-refractivity contribution < 1.29 is 4.42 Å². The zero-order valence-corrected chi connectivity index (χ0v) is 8.75. The maximum absolute atomic E-state index is 5.94. The van der Waals surface area contributed by atoms with Gasteiger partial charge in [-0.15, -0.1) is 11.6 Å². The Labute approximate surface area is 90.2 Å². The predicted octanol–water partition coefficient (Wildman–Crippen LogP) is 4.48. The lowest BCUT2D eigenvalue weighted by atomic mass is 10.2. The van der Waals surface area contributed by atoms with Crippen molar-refractivity contribution in [3.63, 3.8) is 0 Å². The van der Waals surface area contributed by atoms with Crippen LogP contribution in [0.1, 0.15) is 5.76 Å². The summed E-state index contributed by atoms with van der Waals surface area (Å²) in [6.07, 6.45) is 0. The minimum absolute atomic E-state index is 0.321. The monoisotopic (exact) mass is 234 g/mol. The molecule has 0 spiro atoms. The third-order valence-corrected chi connectivity index (χ3v) is 2.66. The van der Waals surface area contributed by atoms with Gasteiger partial charge >= 0.3 is 0 Å². The molecule has 4 heteroatoms. The maximum Gasteiger partial charge on any atom is 0.154 e. The fraction of sp³-hybridized carbons (Fsp3) is 0.111. The number of alkyl halides is 1. The Kier molecular flexibility index (Phi) is 2.41. The van der Waals surface area contributed by atoms with Gasteiger partial charge < -0.3 is 4.42 Å². The second kappa shape index (κ2) is 3.41. The van der Waals surface area contributed by atoms with E-state index in [9.17, 15) is 0 Å². The van der Waals surface area contributed by atoms with Crippen LogP contribution in [0.3, 0.4) is 0 Å². The van der Waals surface area contributed by atoms with Crippen LogP contribution in [0.15, 0.2) is 22.6 Å². The highest BCUT2D eigenvalue weighted by Crippen LogP contribution is 2.32. The van der Waals surface area contributed by atoms with Crippen molar-refractivity contribution in [2.24, 2.45) is 0 Å². The van der Waals surface area contributed by atoms with Gasteiger partial charge in [-0.2, -0.15) is 0 Å². The first-order chi connectivity index (χ1) is 6.22. The molecule has 13 heavy (non-hydrogen) atoms. The molecule has 0 aliphatic heterocycles. The first-order valence-electron chi connectivity index (χ1n) is 3.65. The number of benzene rings is 1. The summed E-state index contributed by atoms with van der Waals surface area (Å²) in [7, 11) is 0. The fourth-order valence-electron chi connectivity index (χ4n) is 1.17. The average molecular weight is 235 g/mol. The molecule has 68 valence electrons. The molecule has 0 unspecified atom stereocenters. The molecule has 1 aromatic carbocycles. The lowest BCUT2D eigenvalue weighted by Gasteiger charge is -1.93. The molecule has 0 fully saturated rings. The van der Waals surface area contributed by atoms with E-state index in [1.165, 1.54) is 0 Å². The minimum Gasteiger partial charge on any atom is -0.458 e. The number of hydrogen-bond donors (Lipinski definition) is 0. The number of halogens is 3. The molecule has 1 heterocycles. The van der Waals surface area contributed by atoms with Gasteiger partial charge in [0.2, 0.25) is 0 Å². The largest absolute Gasteiger partial charge is 0.458 e. The van der Waals surface area contributed by atoms with Crippen LogP contribution in [-0.4, -0.2) is 0 Å². The van der Waals surface area contributed by atoms with Crippen molar-refractivity contribution in [1.29, 1.82) is 0 Å². The first-order valence-corrected chi connectivity index (χ1v) is 4.94. The standard InChI is InChI=1S/C9H5Cl3O/c10-4-5-3-6-7(11)1-2-8(12)9(6)13-5/h1-3H,4H2. The SMILES string of the molecule is ClCc1cc2c(Cl)ccc(Cl)c2o1. The van der Waals surface area contributed by atoms with Gasteiger partial charge in [0, 0.05) is 5.39 Å². The molecule has 0 atom stereocenters. The van der Waals surface area contributed by atoms with Crippen molar-refractivity contribution >= 4 is 45.8 Å². The minimum atomic E-state index is 0.321. The van der Waals surface area contributed by atoms with Gasteiger partial charge in [-0.1, -0.05) is 23.2 Å². The number of hydrogen-bond acceptors (Lipinski definition) is 1. The number of furan rings is 1. The van der Waals surface area contributed by atoms with E-state index in [0.29, 0.717) is 27.3 Å². The summed E-state index contributed by atoms with van der Waals surface area (Å²) in [5.41, 5.74) is 0.602. The van der Waals surface area contributed by atoms with Gasteiger partial charge in [0.1, 0.15) is 5.76 Å². The summed E-state index contributed by atoms with van der Waals surface area (Å²) in [5, 5.41) is 1.99. The van der Waals surface area contributed by atoms with E-state index in [1.807, 2.05) is 0 Å². The van der Waals surface area contributed by atoms with Gasteiger partial charge in [-0.3, -0.25) is 0 Å². The van der Waals surface area contributed by atoms with Crippen LogP contribution < -0.4 is 0 Å². The summed E-state index contributed by atoms with van der Waals surface area (Å²) in [5.74, 6) is 0.994. The van der Waals surface area contributed by atoms with Gasteiger partial charge in [-0.05, 0) is 18.2 Å². The molecule has 0 saturated heterocycles. The van der Waals surface area contributed by atoms with Gasteiger partial charge in [0.05, 0.1) is 15.9 Å². The first kappa shape index (κ1) is 9.20. The highest BCUT2D eigenvalue weighted by atomic mass is 35.5. The molecule has 0 saturated carbocycles. The smallest absolute Gasteiger partial charge is 0.154 e. The Hall–Kier alpha value is -0.370. The predicted molar refractivity (Wildman–Crippen MR) is 55.8 cm³/mol. The van der Waals surface area contributed by atoms with E-state index in [4.69, 9.17) is 39.2 Å². The van der Waals surface area contributed by atoms with E-state index in [0.717, 1.165) is 5.39 Å². The van der Waals surface area contributed by atoms with Crippen LogP contribution >= 0.6 is 34.8 Å². The molecule has 1 nitrogen and oxygen atoms in total. The van der Waals surface area contributed by atoms with Crippen molar-refractivity contribution in [3.8, 4) is 0 Å². The zero-order valence-electron chi connectivity index (χ0n) is 6.48.